The molecular formula is C18H31ClNOSi2. The summed E-state index contributed by atoms with van der Waals surface area (Å²) in [6.45, 7) is 20.4. The Morgan fingerprint density at radius 1 is 1.35 bits per heavy atom. The smallest absolute Gasteiger partial charge is 0.185 e. The molecule has 5 heteroatoms. The molecule has 1 aromatic carbocycles. The van der Waals surface area contributed by atoms with Gasteiger partial charge in [-0.25, -0.2) is 0 Å². The third kappa shape index (κ3) is 4.72. The van der Waals surface area contributed by atoms with E-state index in [1.165, 1.54) is 21.5 Å². The molecule has 1 radical (unpaired) electrons. The van der Waals surface area contributed by atoms with Gasteiger partial charge in [-0.2, -0.15) is 11.1 Å². The average molecular weight is 369 g/mol. The molecule has 1 rings (SSSR count). The summed E-state index contributed by atoms with van der Waals surface area (Å²) >= 11 is 6.85. The molecule has 0 unspecified atom stereocenters. The minimum Gasteiger partial charge on any atom is -0.489 e. The highest BCUT2D eigenvalue weighted by Gasteiger charge is 2.33. The van der Waals surface area contributed by atoms with Crippen LogP contribution in [0.25, 0.3) is 0 Å². The number of ether oxygens (including phenoxy) is 1. The zero-order chi connectivity index (χ0) is 18.0. The van der Waals surface area contributed by atoms with E-state index in [9.17, 15) is 0 Å². The average Bonchev–Trinajstić information content (AvgIpc) is 2.40. The highest BCUT2D eigenvalue weighted by molar-refractivity contribution is 7.26. The molecule has 129 valence electrons. The molecule has 0 aromatic heterocycles. The van der Waals surface area contributed by atoms with Crippen LogP contribution in [-0.2, 0) is 12.0 Å². The molecule has 0 aliphatic heterocycles. The largest absolute Gasteiger partial charge is 0.489 e. The van der Waals surface area contributed by atoms with Crippen molar-refractivity contribution in [3.63, 3.8) is 0 Å². The normalized spacial score (nSPS) is 12.6. The Bertz CT molecular complexity index is 572. The number of halogens is 1. The van der Waals surface area contributed by atoms with E-state index < -0.39 is 16.2 Å². The van der Waals surface area contributed by atoms with Crippen LogP contribution in [0.15, 0.2) is 18.7 Å². The lowest BCUT2D eigenvalue weighted by atomic mass is 9.82. The lowest BCUT2D eigenvalue weighted by Gasteiger charge is -2.32. The van der Waals surface area contributed by atoms with Crippen molar-refractivity contribution in [2.24, 2.45) is 5.73 Å². The van der Waals surface area contributed by atoms with Gasteiger partial charge in [-0.05, 0) is 16.2 Å². The molecule has 2 nitrogen and oxygen atoms in total. The fourth-order valence-corrected chi connectivity index (χ4v) is 5.94. The summed E-state index contributed by atoms with van der Waals surface area (Å²) < 4.78 is 6.14. The molecule has 0 fully saturated rings. The topological polar surface area (TPSA) is 35.2 Å². The van der Waals surface area contributed by atoms with Crippen molar-refractivity contribution < 1.29 is 4.74 Å². The summed E-state index contributed by atoms with van der Waals surface area (Å²) in [6.07, 6.45) is 1.78. The summed E-state index contributed by atoms with van der Waals surface area (Å²) in [5, 5.41) is 2.58. The van der Waals surface area contributed by atoms with Gasteiger partial charge in [0.05, 0.1) is 8.80 Å². The van der Waals surface area contributed by atoms with E-state index in [0.29, 0.717) is 13.2 Å². The molecule has 0 aliphatic carbocycles. The van der Waals surface area contributed by atoms with Gasteiger partial charge in [-0.3, -0.25) is 0 Å². The van der Waals surface area contributed by atoms with Crippen molar-refractivity contribution in [1.29, 1.82) is 0 Å². The maximum Gasteiger partial charge on any atom is 0.185 e. The molecule has 0 saturated heterocycles. The highest BCUT2D eigenvalue weighted by atomic mass is 35.6. The van der Waals surface area contributed by atoms with E-state index in [4.69, 9.17) is 21.5 Å². The Hall–Kier alpha value is -0.556. The van der Waals surface area contributed by atoms with E-state index in [1.54, 1.807) is 6.08 Å². The zero-order valence-corrected chi connectivity index (χ0v) is 18.4. The van der Waals surface area contributed by atoms with Gasteiger partial charge in [0.1, 0.15) is 12.4 Å². The minimum atomic E-state index is -2.06. The molecule has 0 amide bonds. The van der Waals surface area contributed by atoms with Crippen molar-refractivity contribution >= 4 is 37.6 Å². The summed E-state index contributed by atoms with van der Waals surface area (Å²) in [5.41, 5.74) is 8.58. The van der Waals surface area contributed by atoms with E-state index in [-0.39, 0.29) is 5.41 Å². The molecule has 0 atom stereocenters. The molecular weight excluding hydrogens is 338 g/mol. The van der Waals surface area contributed by atoms with Crippen LogP contribution in [0, 0.1) is 0 Å². The fourth-order valence-electron chi connectivity index (χ4n) is 2.89. The summed E-state index contributed by atoms with van der Waals surface area (Å²) in [6, 6.07) is 2.28. The lowest BCUT2D eigenvalue weighted by Crippen LogP contribution is -2.44. The second-order valence-electron chi connectivity index (χ2n) is 7.68. The number of hydrogen-bond acceptors (Lipinski definition) is 2. The fraction of sp³-hybridized carbons (Fsp3) is 0.556. The standard InChI is InChI=1S/C18H31ClNOSi2/c1-9-10-21-17-15(23(7,8)19)11-14(22(5)6)13(12-20)16(17)18(2,3)4/h9,11H,1,10,12,20H2,2-8H3. The Morgan fingerprint density at radius 3 is 2.26 bits per heavy atom. The van der Waals surface area contributed by atoms with Crippen molar-refractivity contribution in [3.05, 3.63) is 29.8 Å². The van der Waals surface area contributed by atoms with Gasteiger partial charge >= 0.3 is 0 Å². The van der Waals surface area contributed by atoms with Crippen LogP contribution in [0.4, 0.5) is 0 Å². The third-order valence-electron chi connectivity index (χ3n) is 3.87. The van der Waals surface area contributed by atoms with Crippen LogP contribution in [0.5, 0.6) is 5.75 Å². The first-order chi connectivity index (χ1) is 10.4. The third-order valence-corrected chi connectivity index (χ3v) is 7.65. The molecule has 0 saturated carbocycles. The minimum absolute atomic E-state index is 0.0518. The first-order valence-electron chi connectivity index (χ1n) is 8.09. The highest BCUT2D eigenvalue weighted by Crippen LogP contribution is 2.35. The van der Waals surface area contributed by atoms with Crippen LogP contribution < -0.4 is 20.8 Å². The Morgan fingerprint density at radius 2 is 1.91 bits per heavy atom. The van der Waals surface area contributed by atoms with Crippen LogP contribution in [-0.4, -0.2) is 22.8 Å². The molecule has 23 heavy (non-hydrogen) atoms. The second kappa shape index (κ2) is 7.55. The maximum absolute atomic E-state index is 6.85. The lowest BCUT2D eigenvalue weighted by molar-refractivity contribution is 0.353. The maximum atomic E-state index is 6.85. The van der Waals surface area contributed by atoms with Crippen molar-refractivity contribution in [3.8, 4) is 5.75 Å². The van der Waals surface area contributed by atoms with Crippen LogP contribution in [0.3, 0.4) is 0 Å². The van der Waals surface area contributed by atoms with Crippen molar-refractivity contribution in [2.75, 3.05) is 6.61 Å². The number of benzene rings is 1. The van der Waals surface area contributed by atoms with Crippen molar-refractivity contribution in [2.45, 2.75) is 58.9 Å². The number of rotatable bonds is 6. The van der Waals surface area contributed by atoms with Gasteiger partial charge in [0.25, 0.3) is 0 Å². The van der Waals surface area contributed by atoms with E-state index in [2.05, 4.69) is 59.6 Å². The molecule has 0 aliphatic rings. The quantitative estimate of drug-likeness (QED) is 0.472. The molecule has 2 N–H and O–H groups in total. The van der Waals surface area contributed by atoms with E-state index in [0.717, 1.165) is 5.75 Å². The van der Waals surface area contributed by atoms with Crippen molar-refractivity contribution in [1.82, 2.24) is 0 Å². The predicted octanol–water partition coefficient (Wildman–Crippen LogP) is 3.62. The second-order valence-corrected chi connectivity index (χ2v) is 16.5. The first kappa shape index (κ1) is 20.5. The summed E-state index contributed by atoms with van der Waals surface area (Å²) in [5.74, 6) is 0.941. The monoisotopic (exact) mass is 368 g/mol. The Labute approximate surface area is 149 Å². The predicted molar refractivity (Wildman–Crippen MR) is 109 cm³/mol. The molecule has 1 aromatic rings. The summed E-state index contributed by atoms with van der Waals surface area (Å²) in [4.78, 5) is 0. The van der Waals surface area contributed by atoms with Gasteiger partial charge < -0.3 is 10.5 Å². The van der Waals surface area contributed by atoms with Gasteiger partial charge in [0.2, 0.25) is 0 Å². The van der Waals surface area contributed by atoms with Crippen LogP contribution in [0.2, 0.25) is 26.2 Å². The number of nitrogens with two attached hydrogens (primary N) is 1. The van der Waals surface area contributed by atoms with Gasteiger partial charge in [0.15, 0.2) is 7.38 Å². The zero-order valence-electron chi connectivity index (χ0n) is 15.6. The molecule has 0 spiro atoms. The summed E-state index contributed by atoms with van der Waals surface area (Å²) in [7, 11) is -2.71. The molecule has 0 heterocycles. The first-order valence-corrected chi connectivity index (χ1v) is 14.6. The number of hydrogen-bond donors (Lipinski definition) is 1. The Balaban J connectivity index is 3.90. The van der Waals surface area contributed by atoms with E-state index in [1.807, 2.05) is 0 Å². The SMILES string of the molecule is C=CCOc1c([Si](C)(C)Cl)cc([Si](C)C)c(CN)c1C(C)(C)C. The van der Waals surface area contributed by atoms with Crippen LogP contribution in [0.1, 0.15) is 31.9 Å². The molecule has 0 bridgehead atoms. The Kier molecular flexibility index (Phi) is 6.73. The van der Waals surface area contributed by atoms with Gasteiger partial charge in [0, 0.05) is 12.1 Å². The van der Waals surface area contributed by atoms with Crippen LogP contribution >= 0.6 is 11.1 Å². The van der Waals surface area contributed by atoms with Gasteiger partial charge in [-0.1, -0.05) is 70.9 Å². The van der Waals surface area contributed by atoms with Gasteiger partial charge in [-0.15, -0.1) is 0 Å². The van der Waals surface area contributed by atoms with E-state index >= 15 is 0 Å².